The third-order valence-corrected chi connectivity index (χ3v) is 2.14. The molecule has 0 fully saturated rings. The average Bonchev–Trinajstić information content (AvgIpc) is 2.27. The van der Waals surface area contributed by atoms with E-state index in [-0.39, 0.29) is 10.6 Å². The Bertz CT molecular complexity index is 366. The van der Waals surface area contributed by atoms with Gasteiger partial charge in [-0.1, -0.05) is 12.1 Å². The van der Waals surface area contributed by atoms with Gasteiger partial charge < -0.3 is 10.1 Å². The third kappa shape index (κ3) is 2.93. The summed E-state index contributed by atoms with van der Waals surface area (Å²) in [6.07, 6.45) is 0. The zero-order valence-corrected chi connectivity index (χ0v) is 9.53. The number of nitrogens with zero attached hydrogens (tertiary/aromatic N) is 1. The van der Waals surface area contributed by atoms with Crippen LogP contribution in [0.15, 0.2) is 18.2 Å². The molecule has 1 N–H and O–H groups in total. The second-order valence-corrected chi connectivity index (χ2v) is 3.24. The van der Waals surface area contributed by atoms with Crippen molar-refractivity contribution in [2.75, 3.05) is 18.5 Å². The zero-order chi connectivity index (χ0) is 12.0. The summed E-state index contributed by atoms with van der Waals surface area (Å²) in [5, 5.41) is 13.9. The van der Waals surface area contributed by atoms with Crippen molar-refractivity contribution in [3.05, 3.63) is 33.9 Å². The van der Waals surface area contributed by atoms with Gasteiger partial charge in [0.15, 0.2) is 0 Å². The first-order chi connectivity index (χ1) is 7.70. The number of hydrogen-bond acceptors (Lipinski definition) is 4. The molecule has 0 amide bonds. The van der Waals surface area contributed by atoms with E-state index in [0.717, 1.165) is 5.56 Å². The van der Waals surface area contributed by atoms with Crippen LogP contribution in [0, 0.1) is 10.1 Å². The molecule has 16 heavy (non-hydrogen) atoms. The zero-order valence-electron chi connectivity index (χ0n) is 9.53. The highest BCUT2D eigenvalue weighted by Gasteiger charge is 2.16. The van der Waals surface area contributed by atoms with E-state index >= 15 is 0 Å². The van der Waals surface area contributed by atoms with Gasteiger partial charge in [-0.15, -0.1) is 0 Å². The first-order valence-electron chi connectivity index (χ1n) is 5.28. The van der Waals surface area contributed by atoms with Crippen LogP contribution in [0.1, 0.15) is 19.4 Å². The molecule has 0 saturated heterocycles. The lowest BCUT2D eigenvalue weighted by Crippen LogP contribution is -2.05. The summed E-state index contributed by atoms with van der Waals surface area (Å²) in [4.78, 5) is 10.5. The van der Waals surface area contributed by atoms with Crippen LogP contribution in [0.2, 0.25) is 0 Å². The molecule has 5 nitrogen and oxygen atoms in total. The number of para-hydroxylation sites is 1. The van der Waals surface area contributed by atoms with Crippen molar-refractivity contribution < 1.29 is 9.66 Å². The quantitative estimate of drug-likeness (QED) is 0.595. The molecule has 0 aliphatic rings. The van der Waals surface area contributed by atoms with Gasteiger partial charge in [0.2, 0.25) is 0 Å². The van der Waals surface area contributed by atoms with Gasteiger partial charge in [0, 0.05) is 24.8 Å². The van der Waals surface area contributed by atoms with E-state index in [1.807, 2.05) is 19.9 Å². The van der Waals surface area contributed by atoms with Gasteiger partial charge >= 0.3 is 0 Å². The minimum absolute atomic E-state index is 0.0963. The summed E-state index contributed by atoms with van der Waals surface area (Å²) in [7, 11) is 0. The Hall–Kier alpha value is -1.62. The van der Waals surface area contributed by atoms with Gasteiger partial charge in [-0.25, -0.2) is 0 Å². The molecule has 5 heteroatoms. The van der Waals surface area contributed by atoms with Crippen LogP contribution in [-0.4, -0.2) is 18.1 Å². The van der Waals surface area contributed by atoms with E-state index in [9.17, 15) is 10.1 Å². The van der Waals surface area contributed by atoms with Crippen molar-refractivity contribution in [3.63, 3.8) is 0 Å². The molecular weight excluding hydrogens is 208 g/mol. The molecule has 0 heterocycles. The highest BCUT2D eigenvalue weighted by atomic mass is 16.6. The van der Waals surface area contributed by atoms with Crippen molar-refractivity contribution in [1.29, 1.82) is 0 Å². The fourth-order valence-corrected chi connectivity index (χ4v) is 1.45. The molecule has 88 valence electrons. The van der Waals surface area contributed by atoms with Gasteiger partial charge in [0.1, 0.15) is 5.69 Å². The first-order valence-corrected chi connectivity index (χ1v) is 5.28. The van der Waals surface area contributed by atoms with E-state index < -0.39 is 0 Å². The molecule has 0 aliphatic heterocycles. The number of ether oxygens (including phenoxy) is 1. The second kappa shape index (κ2) is 6.07. The van der Waals surface area contributed by atoms with Crippen molar-refractivity contribution in [1.82, 2.24) is 0 Å². The van der Waals surface area contributed by atoms with Crippen LogP contribution in [0.4, 0.5) is 11.4 Å². The number of nitro benzene ring substituents is 1. The highest BCUT2D eigenvalue weighted by Crippen LogP contribution is 2.28. The van der Waals surface area contributed by atoms with E-state index in [1.165, 1.54) is 6.07 Å². The normalized spacial score (nSPS) is 10.1. The van der Waals surface area contributed by atoms with Crippen LogP contribution in [0.5, 0.6) is 0 Å². The fraction of sp³-hybridized carbons (Fsp3) is 0.455. The molecule has 0 unspecified atom stereocenters. The highest BCUT2D eigenvalue weighted by molar-refractivity contribution is 5.66. The SMILES string of the molecule is CCNc1c(COCC)cccc1[N+](=O)[O-]. The number of nitrogens with one attached hydrogen (secondary N) is 1. The lowest BCUT2D eigenvalue weighted by atomic mass is 10.1. The van der Waals surface area contributed by atoms with E-state index in [2.05, 4.69) is 5.32 Å². The van der Waals surface area contributed by atoms with Crippen LogP contribution in [0.3, 0.4) is 0 Å². The summed E-state index contributed by atoms with van der Waals surface area (Å²) in [5.74, 6) is 0. The van der Waals surface area contributed by atoms with Crippen LogP contribution in [0.25, 0.3) is 0 Å². The Labute approximate surface area is 94.6 Å². The van der Waals surface area contributed by atoms with Gasteiger partial charge in [0.05, 0.1) is 11.5 Å². The Morgan fingerprint density at radius 2 is 2.19 bits per heavy atom. The third-order valence-electron chi connectivity index (χ3n) is 2.14. The van der Waals surface area contributed by atoms with Gasteiger partial charge in [-0.3, -0.25) is 10.1 Å². The Kier molecular flexibility index (Phi) is 4.72. The molecule has 0 spiro atoms. The maximum absolute atomic E-state index is 10.8. The van der Waals surface area contributed by atoms with Crippen LogP contribution in [-0.2, 0) is 11.3 Å². The van der Waals surface area contributed by atoms with Crippen LogP contribution >= 0.6 is 0 Å². The smallest absolute Gasteiger partial charge is 0.292 e. The lowest BCUT2D eigenvalue weighted by Gasteiger charge is -2.10. The van der Waals surface area contributed by atoms with E-state index in [1.54, 1.807) is 6.07 Å². The van der Waals surface area contributed by atoms with Gasteiger partial charge in [-0.2, -0.15) is 0 Å². The maximum atomic E-state index is 10.8. The molecule has 1 aromatic carbocycles. The van der Waals surface area contributed by atoms with Gasteiger partial charge in [-0.05, 0) is 13.8 Å². The molecule has 1 aromatic rings. The Morgan fingerprint density at radius 3 is 2.75 bits per heavy atom. The fourth-order valence-electron chi connectivity index (χ4n) is 1.45. The predicted octanol–water partition coefficient (Wildman–Crippen LogP) is 2.56. The van der Waals surface area contributed by atoms with Crippen molar-refractivity contribution in [2.45, 2.75) is 20.5 Å². The molecule has 0 bridgehead atoms. The molecule has 0 aromatic heterocycles. The van der Waals surface area contributed by atoms with E-state index in [4.69, 9.17) is 4.74 Å². The molecule has 0 aliphatic carbocycles. The van der Waals surface area contributed by atoms with Crippen LogP contribution < -0.4 is 5.32 Å². The standard InChI is InChI=1S/C11H16N2O3/c1-3-12-11-9(8-16-4-2)6-5-7-10(11)13(14)15/h5-7,12H,3-4,8H2,1-2H3. The summed E-state index contributed by atoms with van der Waals surface area (Å²) in [6.45, 7) is 5.42. The summed E-state index contributed by atoms with van der Waals surface area (Å²) in [5.41, 5.74) is 1.47. The summed E-state index contributed by atoms with van der Waals surface area (Å²) >= 11 is 0. The molecule has 0 saturated carbocycles. The summed E-state index contributed by atoms with van der Waals surface area (Å²) in [6, 6.07) is 5.00. The number of rotatable bonds is 6. The molecular formula is C11H16N2O3. The monoisotopic (exact) mass is 224 g/mol. The topological polar surface area (TPSA) is 64.4 Å². The number of nitro groups is 1. The number of anilines is 1. The minimum atomic E-state index is -0.382. The van der Waals surface area contributed by atoms with Crippen molar-refractivity contribution in [3.8, 4) is 0 Å². The summed E-state index contributed by atoms with van der Waals surface area (Å²) < 4.78 is 5.28. The molecule has 1 rings (SSSR count). The Morgan fingerprint density at radius 1 is 1.44 bits per heavy atom. The number of benzene rings is 1. The molecule has 0 atom stereocenters. The predicted molar refractivity (Wildman–Crippen MR) is 62.6 cm³/mol. The van der Waals surface area contributed by atoms with Gasteiger partial charge in [0.25, 0.3) is 5.69 Å². The van der Waals surface area contributed by atoms with E-state index in [0.29, 0.717) is 25.4 Å². The number of hydrogen-bond donors (Lipinski definition) is 1. The maximum Gasteiger partial charge on any atom is 0.292 e. The van der Waals surface area contributed by atoms with Crippen molar-refractivity contribution >= 4 is 11.4 Å². The average molecular weight is 224 g/mol. The lowest BCUT2D eigenvalue weighted by molar-refractivity contribution is -0.384. The largest absolute Gasteiger partial charge is 0.379 e. The van der Waals surface area contributed by atoms with Crippen molar-refractivity contribution in [2.24, 2.45) is 0 Å². The second-order valence-electron chi connectivity index (χ2n) is 3.24. The Balaban J connectivity index is 3.05. The molecule has 0 radical (unpaired) electrons. The minimum Gasteiger partial charge on any atom is -0.379 e. The first kappa shape index (κ1) is 12.4.